The molecule has 2 fully saturated rings. The molecule has 2 aliphatic rings. The van der Waals surface area contributed by atoms with Gasteiger partial charge >= 0.3 is 0 Å². The van der Waals surface area contributed by atoms with Crippen LogP contribution in [-0.2, 0) is 17.9 Å². The van der Waals surface area contributed by atoms with E-state index in [1.807, 2.05) is 30.1 Å². The van der Waals surface area contributed by atoms with Crippen LogP contribution in [0.2, 0.25) is 5.02 Å². The second-order valence-corrected chi connectivity index (χ2v) is 10.7. The number of hydrogen-bond acceptors (Lipinski definition) is 5. The first kappa shape index (κ1) is 26.0. The molecule has 6 nitrogen and oxygen atoms in total. The third-order valence-electron chi connectivity index (χ3n) is 7.55. The molecule has 7 heteroatoms. The number of nitrogens with one attached hydrogen (secondary N) is 2. The van der Waals surface area contributed by atoms with Gasteiger partial charge in [0.05, 0.1) is 6.61 Å². The Kier molecular flexibility index (Phi) is 8.71. The maximum absolute atomic E-state index is 13.3. The van der Waals surface area contributed by atoms with Gasteiger partial charge in [0, 0.05) is 67.6 Å². The highest BCUT2D eigenvalue weighted by Crippen LogP contribution is 2.31. The number of benzene rings is 2. The summed E-state index contributed by atoms with van der Waals surface area (Å²) in [5, 5.41) is 17.1. The van der Waals surface area contributed by atoms with Crippen LogP contribution < -0.4 is 15.5 Å². The van der Waals surface area contributed by atoms with Gasteiger partial charge in [0.25, 0.3) is 0 Å². The van der Waals surface area contributed by atoms with Crippen molar-refractivity contribution in [2.75, 3.05) is 36.9 Å². The fourth-order valence-electron chi connectivity index (χ4n) is 5.37. The van der Waals surface area contributed by atoms with Gasteiger partial charge in [-0.25, -0.2) is 0 Å². The van der Waals surface area contributed by atoms with Crippen LogP contribution >= 0.6 is 11.6 Å². The minimum absolute atomic E-state index is 0.0543. The molecule has 0 unspecified atom stereocenters. The van der Waals surface area contributed by atoms with Crippen molar-refractivity contribution in [3.8, 4) is 0 Å². The van der Waals surface area contributed by atoms with E-state index in [1.54, 1.807) is 0 Å². The second kappa shape index (κ2) is 11.7. The van der Waals surface area contributed by atoms with Crippen LogP contribution in [0.3, 0.4) is 0 Å². The number of aryl methyl sites for hydroxylation is 1. The number of aliphatic hydroxyl groups excluding tert-OH is 1. The molecule has 35 heavy (non-hydrogen) atoms. The first-order valence-electron chi connectivity index (χ1n) is 12.8. The van der Waals surface area contributed by atoms with Crippen LogP contribution in [0.5, 0.6) is 0 Å². The Bertz CT molecular complexity index is 1020. The lowest BCUT2D eigenvalue weighted by Gasteiger charge is -2.33. The molecule has 3 N–H and O–H groups in total. The Balaban J connectivity index is 1.30. The van der Waals surface area contributed by atoms with E-state index in [0.717, 1.165) is 68.8 Å². The van der Waals surface area contributed by atoms with Gasteiger partial charge in [-0.15, -0.1) is 0 Å². The molecule has 0 radical (unpaired) electrons. The fourth-order valence-corrected chi connectivity index (χ4v) is 5.55. The molecule has 2 aromatic rings. The fraction of sp³-hybridized carbons (Fsp3) is 0.536. The molecule has 1 amide bonds. The molecular weight excluding hydrogens is 460 g/mol. The maximum Gasteiger partial charge on any atom is 0.229 e. The van der Waals surface area contributed by atoms with Crippen LogP contribution in [0.1, 0.15) is 49.3 Å². The number of carbonyl (C=O) groups is 1. The molecule has 0 bridgehead atoms. The van der Waals surface area contributed by atoms with Gasteiger partial charge in [0.2, 0.25) is 5.91 Å². The van der Waals surface area contributed by atoms with Gasteiger partial charge < -0.3 is 20.6 Å². The predicted molar refractivity (Wildman–Crippen MR) is 144 cm³/mol. The molecule has 0 spiro atoms. The molecule has 1 saturated heterocycles. The number of halogens is 1. The largest absolute Gasteiger partial charge is 0.392 e. The molecule has 1 heterocycles. The van der Waals surface area contributed by atoms with E-state index >= 15 is 0 Å². The molecule has 1 saturated carbocycles. The third-order valence-corrected chi connectivity index (χ3v) is 7.92. The lowest BCUT2D eigenvalue weighted by Crippen LogP contribution is -2.48. The number of piperazine rings is 1. The smallest absolute Gasteiger partial charge is 0.229 e. The van der Waals surface area contributed by atoms with E-state index in [9.17, 15) is 9.90 Å². The molecule has 0 aromatic heterocycles. The molecule has 1 atom stereocenters. The maximum atomic E-state index is 13.3. The Labute approximate surface area is 214 Å². The highest BCUT2D eigenvalue weighted by Gasteiger charge is 2.29. The zero-order valence-corrected chi connectivity index (χ0v) is 21.9. The number of amides is 1. The van der Waals surface area contributed by atoms with E-state index in [1.165, 1.54) is 11.1 Å². The highest BCUT2D eigenvalue weighted by atomic mass is 35.5. The van der Waals surface area contributed by atoms with Gasteiger partial charge in [-0.3, -0.25) is 9.69 Å². The topological polar surface area (TPSA) is 67.8 Å². The lowest BCUT2D eigenvalue weighted by atomic mass is 9.85. The number of anilines is 2. The number of nitrogens with zero attached hydrogens (tertiary/aromatic N) is 2. The molecule has 1 aliphatic heterocycles. The Morgan fingerprint density at radius 2 is 1.94 bits per heavy atom. The van der Waals surface area contributed by atoms with Crippen molar-refractivity contribution in [3.05, 3.63) is 58.1 Å². The summed E-state index contributed by atoms with van der Waals surface area (Å²) in [5.41, 5.74) is 5.25. The first-order chi connectivity index (χ1) is 16.8. The van der Waals surface area contributed by atoms with Crippen molar-refractivity contribution in [3.63, 3.8) is 0 Å². The zero-order chi connectivity index (χ0) is 24.9. The number of aliphatic hydroxyl groups is 1. The minimum atomic E-state index is -0.0721. The summed E-state index contributed by atoms with van der Waals surface area (Å²) in [6.07, 6.45) is 3.64. The number of carbonyl (C=O) groups excluding carboxylic acids is 1. The average molecular weight is 499 g/mol. The SMILES string of the molecule is Cc1cc(N(C)C(=O)[C@H]2CC[C@H](Nc3ccc(Cl)c(CO)c3)CC2)ccc1CN1CCN[C@@H](C)C1. The normalized spacial score (nSPS) is 23.2. The quantitative estimate of drug-likeness (QED) is 0.522. The standard InChI is InChI=1S/C28H39ClN4O2/c1-19-14-26(10-6-22(19)17-33-13-12-30-20(2)16-33)32(3)28(35)21-4-7-24(8-5-21)31-25-9-11-27(29)23(15-25)18-34/h6,9-11,14-15,20-21,24,30-31,34H,4-5,7-8,12-13,16-18H2,1-3H3/t20-,21-,24-/m0/s1. The molecule has 4 rings (SSSR count). The van der Waals surface area contributed by atoms with Gasteiger partial charge in [-0.05, 0) is 86.6 Å². The van der Waals surface area contributed by atoms with Crippen LogP contribution in [-0.4, -0.2) is 54.7 Å². The van der Waals surface area contributed by atoms with E-state index in [2.05, 4.69) is 47.6 Å². The number of rotatable bonds is 7. The van der Waals surface area contributed by atoms with Gasteiger partial charge in [-0.2, -0.15) is 0 Å². The van der Waals surface area contributed by atoms with Crippen LogP contribution in [0, 0.1) is 12.8 Å². The summed E-state index contributed by atoms with van der Waals surface area (Å²) in [4.78, 5) is 17.6. The van der Waals surface area contributed by atoms with E-state index < -0.39 is 0 Å². The van der Waals surface area contributed by atoms with Gasteiger partial charge in [-0.1, -0.05) is 17.7 Å². The van der Waals surface area contributed by atoms with Crippen LogP contribution in [0.25, 0.3) is 0 Å². The Morgan fingerprint density at radius 1 is 1.17 bits per heavy atom. The Morgan fingerprint density at radius 3 is 2.63 bits per heavy atom. The lowest BCUT2D eigenvalue weighted by molar-refractivity contribution is -0.123. The molecule has 1 aliphatic carbocycles. The predicted octanol–water partition coefficient (Wildman–Crippen LogP) is 4.57. The van der Waals surface area contributed by atoms with E-state index in [0.29, 0.717) is 17.1 Å². The Hall–Kier alpha value is -2.12. The van der Waals surface area contributed by atoms with Crippen LogP contribution in [0.15, 0.2) is 36.4 Å². The van der Waals surface area contributed by atoms with Crippen molar-refractivity contribution >= 4 is 28.9 Å². The van der Waals surface area contributed by atoms with Crippen molar-refractivity contribution in [1.82, 2.24) is 10.2 Å². The summed E-state index contributed by atoms with van der Waals surface area (Å²) in [6.45, 7) is 8.45. The van der Waals surface area contributed by atoms with E-state index in [-0.39, 0.29) is 18.4 Å². The third kappa shape index (κ3) is 6.56. The summed E-state index contributed by atoms with van der Waals surface area (Å²) in [6, 6.07) is 13.0. The zero-order valence-electron chi connectivity index (χ0n) is 21.2. The molecular formula is C28H39ClN4O2. The van der Waals surface area contributed by atoms with Crippen molar-refractivity contribution < 1.29 is 9.90 Å². The van der Waals surface area contributed by atoms with Crippen molar-refractivity contribution in [2.45, 2.75) is 64.8 Å². The van der Waals surface area contributed by atoms with Crippen molar-refractivity contribution in [1.29, 1.82) is 0 Å². The van der Waals surface area contributed by atoms with Gasteiger partial charge in [0.15, 0.2) is 0 Å². The highest BCUT2D eigenvalue weighted by molar-refractivity contribution is 6.31. The van der Waals surface area contributed by atoms with Gasteiger partial charge in [0.1, 0.15) is 0 Å². The van der Waals surface area contributed by atoms with E-state index in [4.69, 9.17) is 11.6 Å². The molecule has 2 aromatic carbocycles. The second-order valence-electron chi connectivity index (χ2n) is 10.3. The van der Waals surface area contributed by atoms with Crippen LogP contribution in [0.4, 0.5) is 11.4 Å². The summed E-state index contributed by atoms with van der Waals surface area (Å²) < 4.78 is 0. The average Bonchev–Trinajstić information content (AvgIpc) is 2.86. The van der Waals surface area contributed by atoms with Crippen molar-refractivity contribution in [2.24, 2.45) is 5.92 Å². The summed E-state index contributed by atoms with van der Waals surface area (Å²) in [7, 11) is 1.91. The molecule has 190 valence electrons. The number of hydrogen-bond donors (Lipinski definition) is 3. The monoisotopic (exact) mass is 498 g/mol. The minimum Gasteiger partial charge on any atom is -0.392 e. The summed E-state index contributed by atoms with van der Waals surface area (Å²) in [5.74, 6) is 0.263. The first-order valence-corrected chi connectivity index (χ1v) is 13.2. The summed E-state index contributed by atoms with van der Waals surface area (Å²) >= 11 is 6.11.